The molecule has 0 heterocycles. The molecule has 0 aliphatic heterocycles. The van der Waals surface area contributed by atoms with Crippen LogP contribution in [0.25, 0.3) is 0 Å². The number of carbonyl (C=O) groups is 1. The van der Waals surface area contributed by atoms with E-state index in [0.29, 0.717) is 23.9 Å². The number of aliphatic hydroxyl groups is 1. The van der Waals surface area contributed by atoms with Crippen LogP contribution < -0.4 is 5.32 Å². The molecule has 0 aromatic heterocycles. The highest BCUT2D eigenvalue weighted by molar-refractivity contribution is 8.23. The molecule has 7 nitrogen and oxygen atoms in total. The maximum Gasteiger partial charge on any atom is 0.279 e. The molecule has 0 bridgehead atoms. The van der Waals surface area contributed by atoms with Crippen LogP contribution in [-0.2, 0) is 21.6 Å². The van der Waals surface area contributed by atoms with Gasteiger partial charge < -0.3 is 10.4 Å². The van der Waals surface area contributed by atoms with Crippen molar-refractivity contribution in [2.45, 2.75) is 0 Å². The van der Waals surface area contributed by atoms with Gasteiger partial charge in [-0.05, 0) is 0 Å². The lowest BCUT2D eigenvalue weighted by atomic mass is 10.8. The predicted molar refractivity (Wildman–Crippen MR) is 191 cm³/mol. The second kappa shape index (κ2) is 32.7. The van der Waals surface area contributed by atoms with Gasteiger partial charge in [-0.15, -0.1) is 70.6 Å². The summed E-state index contributed by atoms with van der Waals surface area (Å²) >= 11 is 15.3. The Morgan fingerprint density at radius 1 is 0.784 bits per heavy atom. The summed E-state index contributed by atoms with van der Waals surface area (Å²) in [7, 11) is -0.327. The third-order valence-electron chi connectivity index (χ3n) is 3.31. The Labute approximate surface area is 265 Å². The lowest BCUT2D eigenvalue weighted by Gasteiger charge is -2.05. The molecule has 18 heteroatoms. The second-order valence-corrected chi connectivity index (χ2v) is 20.4. The largest absolute Gasteiger partial charge is 0.386 e. The van der Waals surface area contributed by atoms with Crippen molar-refractivity contribution < 1.29 is 18.3 Å². The standard InChI is InChI=1S/C19H37N3O4S11/c1-20-10-36(25)9-8-30-16-33-15-29-6-7-35-19(24)22-3-5-28-14-32-13-27-4-2-21-11-37(26)18-34-17-31-12-23/h10-11,23H,2-9,12-18H2,1H3,(H,22,24). The van der Waals surface area contributed by atoms with Crippen molar-refractivity contribution in [1.29, 1.82) is 0 Å². The zero-order valence-corrected chi connectivity index (χ0v) is 29.8. The fraction of sp³-hybridized carbons (Fsp3) is 0.842. The minimum atomic E-state index is -1.03. The Balaban J connectivity index is 3.31. The SMILES string of the molecule is CN=CS(=O)CCSCSCSCCSC(=O)NCCSCSCSCCN=CS(=O)CSCSCO. The van der Waals surface area contributed by atoms with Crippen LogP contribution in [0, 0.1) is 0 Å². The number of carbonyl (C=O) groups excluding carboxylic acids is 1. The number of rotatable bonds is 27. The van der Waals surface area contributed by atoms with Crippen LogP contribution in [0.1, 0.15) is 0 Å². The number of aliphatic imine (C=N–C) groups is 2. The molecule has 0 fully saturated rings. The average Bonchev–Trinajstić information content (AvgIpc) is 2.88. The maximum absolute atomic E-state index is 11.9. The first-order valence-electron chi connectivity index (χ1n) is 10.9. The molecule has 2 unspecified atom stereocenters. The van der Waals surface area contributed by atoms with E-state index in [2.05, 4.69) is 15.3 Å². The van der Waals surface area contributed by atoms with Gasteiger partial charge in [0, 0.05) is 80.1 Å². The maximum atomic E-state index is 11.9. The molecule has 0 rings (SSSR count). The Bertz CT molecular complexity index is 648. The van der Waals surface area contributed by atoms with Gasteiger partial charge in [-0.2, -0.15) is 23.5 Å². The summed E-state index contributed by atoms with van der Waals surface area (Å²) < 4.78 is 23.1. The number of hydrogen-bond donors (Lipinski definition) is 2. The molecule has 0 aromatic carbocycles. The molecule has 0 radical (unpaired) electrons. The molecule has 0 saturated heterocycles. The van der Waals surface area contributed by atoms with Crippen molar-refractivity contribution in [3.05, 3.63) is 0 Å². The first kappa shape index (κ1) is 39.2. The minimum Gasteiger partial charge on any atom is -0.386 e. The van der Waals surface area contributed by atoms with Gasteiger partial charge in [0.25, 0.3) is 5.24 Å². The summed E-state index contributed by atoms with van der Waals surface area (Å²) in [5.41, 5.74) is 3.03. The molecule has 2 N–H and O–H groups in total. The van der Waals surface area contributed by atoms with E-state index in [9.17, 15) is 13.2 Å². The highest BCUT2D eigenvalue weighted by atomic mass is 32.3. The molecule has 0 aliphatic carbocycles. The highest BCUT2D eigenvalue weighted by Gasteiger charge is 2.02. The fourth-order valence-corrected chi connectivity index (χ4v) is 13.3. The average molecular weight is 724 g/mol. The van der Waals surface area contributed by atoms with Gasteiger partial charge in [0.05, 0.1) is 43.7 Å². The number of aliphatic hydroxyl groups excluding tert-OH is 1. The Kier molecular flexibility index (Phi) is 34.7. The molecule has 0 aromatic rings. The number of amides is 1. The highest BCUT2D eigenvalue weighted by Crippen LogP contribution is 2.19. The number of nitrogens with one attached hydrogen (secondary N) is 1. The van der Waals surface area contributed by atoms with Crippen LogP contribution in [0.5, 0.6) is 0 Å². The molecule has 37 heavy (non-hydrogen) atoms. The monoisotopic (exact) mass is 723 g/mol. The van der Waals surface area contributed by atoms with Crippen molar-refractivity contribution >= 4 is 144 Å². The zero-order valence-electron chi connectivity index (χ0n) is 20.8. The molecule has 0 aliphatic rings. The van der Waals surface area contributed by atoms with E-state index in [1.54, 1.807) is 30.6 Å². The van der Waals surface area contributed by atoms with E-state index in [0.717, 1.165) is 54.2 Å². The molecule has 0 saturated carbocycles. The second-order valence-electron chi connectivity index (χ2n) is 6.19. The van der Waals surface area contributed by atoms with Gasteiger partial charge >= 0.3 is 0 Å². The molecular weight excluding hydrogens is 687 g/mol. The summed E-state index contributed by atoms with van der Waals surface area (Å²) in [6.45, 7) is 1.38. The summed E-state index contributed by atoms with van der Waals surface area (Å²) in [6, 6.07) is 0. The van der Waals surface area contributed by atoms with E-state index in [1.165, 1.54) is 34.6 Å². The first-order chi connectivity index (χ1) is 18.1. The van der Waals surface area contributed by atoms with E-state index in [-0.39, 0.29) is 11.2 Å². The Morgan fingerprint density at radius 3 is 2.14 bits per heavy atom. The van der Waals surface area contributed by atoms with E-state index in [4.69, 9.17) is 5.11 Å². The lowest BCUT2D eigenvalue weighted by molar-refractivity contribution is 0.261. The minimum absolute atomic E-state index is 0.0559. The van der Waals surface area contributed by atoms with Gasteiger partial charge in [0.1, 0.15) is 0 Å². The van der Waals surface area contributed by atoms with Crippen molar-refractivity contribution in [2.75, 3.05) is 91.1 Å². The number of hydrogen-bond acceptors (Lipinski definition) is 15. The molecular formula is C19H37N3O4S11. The Hall–Kier alpha value is 2.22. The van der Waals surface area contributed by atoms with Gasteiger partial charge in [-0.25, -0.2) is 0 Å². The van der Waals surface area contributed by atoms with Crippen molar-refractivity contribution in [1.82, 2.24) is 5.32 Å². The summed E-state index contributed by atoms with van der Waals surface area (Å²) in [5.74, 6) is 5.26. The van der Waals surface area contributed by atoms with Gasteiger partial charge in [0.2, 0.25) is 0 Å². The first-order valence-corrected chi connectivity index (χ1v) is 23.9. The van der Waals surface area contributed by atoms with E-state index >= 15 is 0 Å². The molecule has 1 amide bonds. The van der Waals surface area contributed by atoms with E-state index in [1.807, 2.05) is 58.8 Å². The fourth-order valence-electron chi connectivity index (χ4n) is 1.82. The summed E-state index contributed by atoms with van der Waals surface area (Å²) in [4.78, 5) is 19.9. The van der Waals surface area contributed by atoms with Crippen molar-refractivity contribution in [3.63, 3.8) is 0 Å². The van der Waals surface area contributed by atoms with Crippen LogP contribution in [0.4, 0.5) is 4.79 Å². The smallest absolute Gasteiger partial charge is 0.279 e. The zero-order chi connectivity index (χ0) is 27.2. The van der Waals surface area contributed by atoms with Crippen LogP contribution >= 0.6 is 106 Å². The van der Waals surface area contributed by atoms with Crippen LogP contribution in [-0.4, -0.2) is 121 Å². The number of nitrogens with zero attached hydrogens (tertiary/aromatic N) is 2. The normalized spacial score (nSPS) is 13.5. The lowest BCUT2D eigenvalue weighted by Crippen LogP contribution is -2.22. The van der Waals surface area contributed by atoms with Gasteiger partial charge in [-0.1, -0.05) is 11.8 Å². The van der Waals surface area contributed by atoms with Crippen molar-refractivity contribution in [3.8, 4) is 0 Å². The third kappa shape index (κ3) is 32.6. The van der Waals surface area contributed by atoms with Crippen molar-refractivity contribution in [2.24, 2.45) is 9.98 Å². The van der Waals surface area contributed by atoms with Gasteiger partial charge in [0.15, 0.2) is 0 Å². The summed E-state index contributed by atoms with van der Waals surface area (Å²) in [6.07, 6.45) is 0. The van der Waals surface area contributed by atoms with Crippen LogP contribution in [0.15, 0.2) is 9.98 Å². The molecule has 2 atom stereocenters. The third-order valence-corrected chi connectivity index (χ3v) is 16.5. The molecule has 0 spiro atoms. The quantitative estimate of drug-likeness (QED) is 0.0504. The Morgan fingerprint density at radius 2 is 1.43 bits per heavy atom. The van der Waals surface area contributed by atoms with Crippen LogP contribution in [0.2, 0.25) is 0 Å². The molecule has 218 valence electrons. The van der Waals surface area contributed by atoms with Gasteiger partial charge in [-0.3, -0.25) is 23.2 Å². The topological polar surface area (TPSA) is 108 Å². The van der Waals surface area contributed by atoms with E-state index < -0.39 is 21.6 Å². The number of thioether (sulfide) groups is 9. The predicted octanol–water partition coefficient (Wildman–Crippen LogP) is 5.17. The van der Waals surface area contributed by atoms with Crippen LogP contribution in [0.3, 0.4) is 0 Å². The summed E-state index contributed by atoms with van der Waals surface area (Å²) in [5, 5.41) is 17.0.